The van der Waals surface area contributed by atoms with Gasteiger partial charge in [-0.05, 0) is 6.92 Å². The standard InChI is InChI=1S/C3H4O2.C2H4O/c1-2-3(4)5;1-2-3/h2H,1H2,(H,4,5);2H,1H3. The van der Waals surface area contributed by atoms with Crippen molar-refractivity contribution in [3.05, 3.63) is 12.7 Å². The van der Waals surface area contributed by atoms with E-state index in [4.69, 9.17) is 9.90 Å². The molecule has 0 aliphatic rings. The van der Waals surface area contributed by atoms with Gasteiger partial charge in [0.2, 0.25) is 0 Å². The Hall–Kier alpha value is -1.12. The van der Waals surface area contributed by atoms with Gasteiger partial charge in [0, 0.05) is 6.08 Å². The molecule has 0 aromatic heterocycles. The number of hydrogen-bond acceptors (Lipinski definition) is 2. The maximum Gasteiger partial charge on any atom is 0.327 e. The monoisotopic (exact) mass is 116 g/mol. The molecule has 1 N–H and O–H groups in total. The van der Waals surface area contributed by atoms with E-state index in [0.717, 1.165) is 12.4 Å². The van der Waals surface area contributed by atoms with E-state index in [0.29, 0.717) is 0 Å². The topological polar surface area (TPSA) is 54.4 Å². The summed E-state index contributed by atoms with van der Waals surface area (Å²) in [5.41, 5.74) is 0. The highest BCUT2D eigenvalue weighted by Crippen LogP contribution is 1.54. The molecule has 0 saturated carbocycles. The van der Waals surface area contributed by atoms with Crippen LogP contribution in [-0.2, 0) is 9.59 Å². The number of carbonyl (C=O) groups excluding carboxylic acids is 1. The lowest BCUT2D eigenvalue weighted by Crippen LogP contribution is -1.82. The summed E-state index contributed by atoms with van der Waals surface area (Å²) in [5, 5.41) is 7.60. The highest BCUT2D eigenvalue weighted by Gasteiger charge is 1.73. The third-order valence-corrected chi connectivity index (χ3v) is 0.175. The van der Waals surface area contributed by atoms with Crippen LogP contribution in [-0.4, -0.2) is 17.4 Å². The van der Waals surface area contributed by atoms with Gasteiger partial charge in [0.25, 0.3) is 0 Å². The average Bonchev–Trinajstić information content (AvgIpc) is 1.69. The fraction of sp³-hybridized carbons (Fsp3) is 0.200. The van der Waals surface area contributed by atoms with Crippen LogP contribution in [0.1, 0.15) is 6.92 Å². The first kappa shape index (κ1) is 9.99. The second kappa shape index (κ2) is 9.30. The molecule has 3 nitrogen and oxygen atoms in total. The molecular weight excluding hydrogens is 108 g/mol. The first-order valence-electron chi connectivity index (χ1n) is 1.94. The zero-order valence-electron chi connectivity index (χ0n) is 4.63. The van der Waals surface area contributed by atoms with Gasteiger partial charge in [0.05, 0.1) is 0 Å². The van der Waals surface area contributed by atoms with Gasteiger partial charge in [-0.15, -0.1) is 0 Å². The number of carbonyl (C=O) groups is 2. The number of hydrogen-bond donors (Lipinski definition) is 1. The number of carboxylic acids is 1. The molecule has 0 amide bonds. The maximum atomic E-state index is 9.25. The molecule has 3 heteroatoms. The minimum absolute atomic E-state index is 0.750. The van der Waals surface area contributed by atoms with Crippen LogP contribution < -0.4 is 0 Å². The summed E-state index contributed by atoms with van der Waals surface area (Å²) in [6.07, 6.45) is 1.58. The summed E-state index contributed by atoms with van der Waals surface area (Å²) < 4.78 is 0. The van der Waals surface area contributed by atoms with Gasteiger partial charge in [-0.2, -0.15) is 0 Å². The van der Waals surface area contributed by atoms with E-state index in [9.17, 15) is 4.79 Å². The van der Waals surface area contributed by atoms with E-state index in [1.165, 1.54) is 6.92 Å². The number of aldehydes is 1. The Balaban J connectivity index is 0. The van der Waals surface area contributed by atoms with E-state index < -0.39 is 5.97 Å². The van der Waals surface area contributed by atoms with Crippen molar-refractivity contribution < 1.29 is 14.7 Å². The van der Waals surface area contributed by atoms with Gasteiger partial charge in [-0.25, -0.2) is 4.79 Å². The third-order valence-electron chi connectivity index (χ3n) is 0.175. The van der Waals surface area contributed by atoms with Gasteiger partial charge in [-0.3, -0.25) is 0 Å². The molecule has 0 fully saturated rings. The Morgan fingerprint density at radius 2 is 1.88 bits per heavy atom. The van der Waals surface area contributed by atoms with Crippen LogP contribution in [0.5, 0.6) is 0 Å². The lowest BCUT2D eigenvalue weighted by Gasteiger charge is -1.64. The molecule has 0 aliphatic carbocycles. The van der Waals surface area contributed by atoms with Crippen LogP contribution >= 0.6 is 0 Å². The second-order valence-corrected chi connectivity index (χ2v) is 0.778. The van der Waals surface area contributed by atoms with Crippen LogP contribution in [0.2, 0.25) is 0 Å². The van der Waals surface area contributed by atoms with E-state index in [1.807, 2.05) is 0 Å². The predicted octanol–water partition coefficient (Wildman–Crippen LogP) is 0.462. The molecule has 0 spiro atoms. The minimum atomic E-state index is -0.981. The Morgan fingerprint density at radius 3 is 1.88 bits per heavy atom. The zero-order valence-corrected chi connectivity index (χ0v) is 4.63. The summed E-state index contributed by atoms with van der Waals surface area (Å²) in [6, 6.07) is 0. The Bertz CT molecular complexity index is 85.7. The first-order valence-corrected chi connectivity index (χ1v) is 1.94. The molecule has 0 aromatic rings. The molecule has 0 saturated heterocycles. The molecule has 0 rings (SSSR count). The van der Waals surface area contributed by atoms with Gasteiger partial charge >= 0.3 is 5.97 Å². The van der Waals surface area contributed by atoms with Crippen molar-refractivity contribution in [3.63, 3.8) is 0 Å². The highest BCUT2D eigenvalue weighted by molar-refractivity contribution is 5.78. The normalized spacial score (nSPS) is 5.62. The average molecular weight is 116 g/mol. The van der Waals surface area contributed by atoms with E-state index in [-0.39, 0.29) is 0 Å². The molecule has 0 atom stereocenters. The minimum Gasteiger partial charge on any atom is -0.478 e. The molecule has 46 valence electrons. The van der Waals surface area contributed by atoms with Gasteiger partial charge in [-0.1, -0.05) is 6.58 Å². The van der Waals surface area contributed by atoms with Gasteiger partial charge < -0.3 is 9.90 Å². The van der Waals surface area contributed by atoms with Gasteiger partial charge in [0.15, 0.2) is 0 Å². The number of carboxylic acid groups (broad SMARTS) is 1. The summed E-state index contributed by atoms with van der Waals surface area (Å²) >= 11 is 0. The maximum absolute atomic E-state index is 9.25. The van der Waals surface area contributed by atoms with Crippen molar-refractivity contribution in [2.24, 2.45) is 0 Å². The summed E-state index contributed by atoms with van der Waals surface area (Å²) in [7, 11) is 0. The first-order chi connectivity index (χ1) is 3.68. The number of aliphatic carboxylic acids is 1. The van der Waals surface area contributed by atoms with Crippen molar-refractivity contribution in [2.45, 2.75) is 6.92 Å². The Morgan fingerprint density at radius 1 is 1.75 bits per heavy atom. The lowest BCUT2D eigenvalue weighted by atomic mass is 10.7. The van der Waals surface area contributed by atoms with Crippen LogP contribution in [0.15, 0.2) is 12.7 Å². The molecule has 0 aromatic carbocycles. The van der Waals surface area contributed by atoms with Crippen molar-refractivity contribution in [1.29, 1.82) is 0 Å². The largest absolute Gasteiger partial charge is 0.478 e. The fourth-order valence-electron chi connectivity index (χ4n) is 0. The number of rotatable bonds is 1. The smallest absolute Gasteiger partial charge is 0.327 e. The summed E-state index contributed by atoms with van der Waals surface area (Å²) in [6.45, 7) is 4.41. The van der Waals surface area contributed by atoms with Crippen molar-refractivity contribution in [1.82, 2.24) is 0 Å². The van der Waals surface area contributed by atoms with Crippen LogP contribution in [0, 0.1) is 0 Å². The molecule has 8 heavy (non-hydrogen) atoms. The van der Waals surface area contributed by atoms with Crippen LogP contribution in [0.4, 0.5) is 0 Å². The second-order valence-electron chi connectivity index (χ2n) is 0.778. The van der Waals surface area contributed by atoms with Crippen molar-refractivity contribution >= 4 is 12.3 Å². The SMILES string of the molecule is C=CC(=O)O.CC=O. The zero-order chi connectivity index (χ0) is 6.99. The Labute approximate surface area is 47.6 Å². The van der Waals surface area contributed by atoms with E-state index in [2.05, 4.69) is 6.58 Å². The summed E-state index contributed by atoms with van der Waals surface area (Å²) in [5.74, 6) is -0.981. The van der Waals surface area contributed by atoms with Crippen molar-refractivity contribution in [2.75, 3.05) is 0 Å². The molecule has 0 unspecified atom stereocenters. The Kier molecular flexibility index (Phi) is 11.6. The van der Waals surface area contributed by atoms with Gasteiger partial charge in [0.1, 0.15) is 6.29 Å². The highest BCUT2D eigenvalue weighted by atomic mass is 16.4. The molecule has 0 aliphatic heterocycles. The summed E-state index contributed by atoms with van der Waals surface area (Å²) in [4.78, 5) is 18.1. The van der Waals surface area contributed by atoms with Crippen LogP contribution in [0.25, 0.3) is 0 Å². The quantitative estimate of drug-likeness (QED) is 0.400. The molecule has 0 bridgehead atoms. The fourth-order valence-corrected chi connectivity index (χ4v) is 0. The lowest BCUT2D eigenvalue weighted by molar-refractivity contribution is -0.131. The molecule has 0 heterocycles. The predicted molar refractivity (Wildman–Crippen MR) is 29.6 cm³/mol. The van der Waals surface area contributed by atoms with Crippen molar-refractivity contribution in [3.8, 4) is 0 Å². The van der Waals surface area contributed by atoms with E-state index >= 15 is 0 Å². The van der Waals surface area contributed by atoms with E-state index in [1.54, 1.807) is 0 Å². The van der Waals surface area contributed by atoms with Crippen LogP contribution in [0.3, 0.4) is 0 Å². The third kappa shape index (κ3) is 94.9. The molecule has 0 radical (unpaired) electrons. The molecular formula is C5H8O3.